The largest absolute Gasteiger partial charge is 0.493 e. The number of benzene rings is 3. The van der Waals surface area contributed by atoms with Gasteiger partial charge in [-0.2, -0.15) is 0 Å². The highest BCUT2D eigenvalue weighted by Gasteiger charge is 2.24. The number of halogens is 1. The van der Waals surface area contributed by atoms with Crippen molar-refractivity contribution >= 4 is 32.6 Å². The van der Waals surface area contributed by atoms with Crippen LogP contribution in [-0.4, -0.2) is 27.2 Å². The highest BCUT2D eigenvalue weighted by molar-refractivity contribution is 9.10. The molecule has 0 aliphatic rings. The van der Waals surface area contributed by atoms with Crippen molar-refractivity contribution < 1.29 is 19.0 Å². The van der Waals surface area contributed by atoms with Crippen LogP contribution < -0.4 is 19.5 Å². The molecule has 0 aliphatic carbocycles. The van der Waals surface area contributed by atoms with Crippen LogP contribution >= 0.6 is 15.9 Å². The molecule has 1 atom stereocenters. The van der Waals surface area contributed by atoms with Crippen molar-refractivity contribution in [2.45, 2.75) is 13.0 Å². The summed E-state index contributed by atoms with van der Waals surface area (Å²) in [6.07, 6.45) is 0. The molecular weight excluding hydrogens is 422 g/mol. The van der Waals surface area contributed by atoms with Crippen LogP contribution in [0.25, 0.3) is 10.8 Å². The van der Waals surface area contributed by atoms with Crippen LogP contribution in [-0.2, 0) is 0 Å². The molecule has 0 saturated carbocycles. The van der Waals surface area contributed by atoms with Crippen LogP contribution in [0.15, 0.2) is 53.0 Å². The van der Waals surface area contributed by atoms with E-state index >= 15 is 0 Å². The average Bonchev–Trinajstić information content (AvgIpc) is 2.72. The molecule has 3 aromatic rings. The Bertz CT molecular complexity index is 1010. The fourth-order valence-corrected chi connectivity index (χ4v) is 3.90. The Labute approximate surface area is 172 Å². The van der Waals surface area contributed by atoms with Crippen molar-refractivity contribution in [3.8, 4) is 17.2 Å². The van der Waals surface area contributed by atoms with Gasteiger partial charge in [-0.3, -0.25) is 4.79 Å². The van der Waals surface area contributed by atoms with E-state index in [1.807, 2.05) is 31.2 Å². The molecule has 0 aliphatic heterocycles. The second kappa shape index (κ2) is 8.52. The Morgan fingerprint density at radius 2 is 1.64 bits per heavy atom. The molecule has 1 N–H and O–H groups in total. The normalized spacial score (nSPS) is 11.8. The molecule has 1 unspecified atom stereocenters. The maximum absolute atomic E-state index is 13.0. The van der Waals surface area contributed by atoms with Gasteiger partial charge in [-0.1, -0.05) is 42.5 Å². The van der Waals surface area contributed by atoms with Crippen molar-refractivity contribution in [3.05, 3.63) is 64.1 Å². The van der Waals surface area contributed by atoms with Crippen molar-refractivity contribution in [1.29, 1.82) is 0 Å². The Morgan fingerprint density at radius 3 is 2.32 bits per heavy atom. The summed E-state index contributed by atoms with van der Waals surface area (Å²) in [6, 6.07) is 15.6. The van der Waals surface area contributed by atoms with E-state index in [1.54, 1.807) is 6.07 Å². The first-order valence-electron chi connectivity index (χ1n) is 8.78. The molecule has 0 aromatic heterocycles. The minimum absolute atomic E-state index is 0.190. The lowest BCUT2D eigenvalue weighted by molar-refractivity contribution is 0.0938. The zero-order valence-electron chi connectivity index (χ0n) is 16.2. The highest BCUT2D eigenvalue weighted by Crippen LogP contribution is 2.44. The molecule has 0 fully saturated rings. The number of nitrogens with one attached hydrogen (secondary N) is 1. The third-order valence-corrected chi connectivity index (χ3v) is 5.44. The van der Waals surface area contributed by atoms with Gasteiger partial charge in [-0.15, -0.1) is 0 Å². The van der Waals surface area contributed by atoms with E-state index in [2.05, 4.69) is 39.4 Å². The highest BCUT2D eigenvalue weighted by atomic mass is 79.9. The molecule has 3 rings (SSSR count). The lowest BCUT2D eigenvalue weighted by atomic mass is 9.99. The predicted molar refractivity (Wildman–Crippen MR) is 114 cm³/mol. The Kier molecular flexibility index (Phi) is 6.09. The van der Waals surface area contributed by atoms with Gasteiger partial charge in [-0.05, 0) is 45.3 Å². The fraction of sp³-hybridized carbons (Fsp3) is 0.227. The van der Waals surface area contributed by atoms with Gasteiger partial charge in [0.1, 0.15) is 0 Å². The van der Waals surface area contributed by atoms with E-state index in [4.69, 9.17) is 14.2 Å². The zero-order valence-corrected chi connectivity index (χ0v) is 17.8. The van der Waals surface area contributed by atoms with Gasteiger partial charge < -0.3 is 19.5 Å². The van der Waals surface area contributed by atoms with Gasteiger partial charge in [0.2, 0.25) is 5.75 Å². The molecule has 0 radical (unpaired) electrons. The third kappa shape index (κ3) is 3.64. The molecule has 6 heteroatoms. The summed E-state index contributed by atoms with van der Waals surface area (Å²) in [5, 5.41) is 5.31. The Hall–Kier alpha value is -2.73. The summed E-state index contributed by atoms with van der Waals surface area (Å²) in [5.41, 5.74) is 1.46. The van der Waals surface area contributed by atoms with E-state index in [1.165, 1.54) is 21.3 Å². The second-order valence-corrected chi connectivity index (χ2v) is 7.06. The first-order valence-corrected chi connectivity index (χ1v) is 9.58. The maximum Gasteiger partial charge on any atom is 0.253 e. The van der Waals surface area contributed by atoms with Gasteiger partial charge in [0, 0.05) is 0 Å². The zero-order chi connectivity index (χ0) is 20.3. The quantitative estimate of drug-likeness (QED) is 0.574. The van der Waals surface area contributed by atoms with E-state index in [0.717, 1.165) is 16.3 Å². The second-order valence-electron chi connectivity index (χ2n) is 6.27. The number of amides is 1. The number of carbonyl (C=O) groups excluding carboxylic acids is 1. The minimum Gasteiger partial charge on any atom is -0.493 e. The van der Waals surface area contributed by atoms with Crippen LogP contribution in [0.1, 0.15) is 28.9 Å². The lowest BCUT2D eigenvalue weighted by Crippen LogP contribution is -2.27. The lowest BCUT2D eigenvalue weighted by Gasteiger charge is -2.19. The average molecular weight is 444 g/mol. The molecule has 28 heavy (non-hydrogen) atoms. The molecule has 5 nitrogen and oxygen atoms in total. The van der Waals surface area contributed by atoms with Crippen LogP contribution in [0, 0.1) is 0 Å². The summed E-state index contributed by atoms with van der Waals surface area (Å²) in [5.74, 6) is 1.01. The predicted octanol–water partition coefficient (Wildman–Crippen LogP) is 5.12. The summed E-state index contributed by atoms with van der Waals surface area (Å²) in [4.78, 5) is 13.0. The summed E-state index contributed by atoms with van der Waals surface area (Å²) < 4.78 is 16.7. The molecule has 146 valence electrons. The van der Waals surface area contributed by atoms with Gasteiger partial charge in [-0.25, -0.2) is 0 Å². The van der Waals surface area contributed by atoms with Crippen molar-refractivity contribution in [1.82, 2.24) is 5.32 Å². The number of rotatable bonds is 6. The van der Waals surface area contributed by atoms with Crippen LogP contribution in [0.3, 0.4) is 0 Å². The molecule has 0 spiro atoms. The first kappa shape index (κ1) is 20.0. The van der Waals surface area contributed by atoms with Crippen molar-refractivity contribution in [3.63, 3.8) is 0 Å². The van der Waals surface area contributed by atoms with Gasteiger partial charge in [0.15, 0.2) is 11.5 Å². The van der Waals surface area contributed by atoms with Crippen LogP contribution in [0.5, 0.6) is 17.2 Å². The molecule has 0 bridgehead atoms. The molecule has 0 saturated heterocycles. The standard InChI is InChI=1S/C22H22BrNO4/c1-13(15-11-7-9-14-8-5-6-10-16(14)15)24-22(25)17-12-18(26-2)20(27-3)21(28-4)19(17)23/h5-13H,1-4H3,(H,24,25). The van der Waals surface area contributed by atoms with E-state index in [9.17, 15) is 4.79 Å². The third-order valence-electron chi connectivity index (χ3n) is 4.65. The summed E-state index contributed by atoms with van der Waals surface area (Å²) >= 11 is 3.46. The molecule has 0 heterocycles. The van der Waals surface area contributed by atoms with Crippen LogP contribution in [0.4, 0.5) is 0 Å². The first-order chi connectivity index (χ1) is 13.5. The fourth-order valence-electron chi connectivity index (χ4n) is 3.27. The smallest absolute Gasteiger partial charge is 0.253 e. The van der Waals surface area contributed by atoms with E-state index in [0.29, 0.717) is 27.3 Å². The molecular formula is C22H22BrNO4. The monoisotopic (exact) mass is 443 g/mol. The number of ether oxygens (including phenoxy) is 3. The number of carbonyl (C=O) groups is 1. The molecule has 1 amide bonds. The number of methoxy groups -OCH3 is 3. The van der Waals surface area contributed by atoms with E-state index < -0.39 is 0 Å². The van der Waals surface area contributed by atoms with Crippen molar-refractivity contribution in [2.24, 2.45) is 0 Å². The van der Waals surface area contributed by atoms with Gasteiger partial charge >= 0.3 is 0 Å². The van der Waals surface area contributed by atoms with E-state index in [-0.39, 0.29) is 11.9 Å². The number of fused-ring (bicyclic) bond motifs is 1. The maximum atomic E-state index is 13.0. The topological polar surface area (TPSA) is 56.8 Å². The summed E-state index contributed by atoms with van der Waals surface area (Å²) in [7, 11) is 4.56. The van der Waals surface area contributed by atoms with Gasteiger partial charge in [0.05, 0.1) is 37.4 Å². The Morgan fingerprint density at radius 1 is 0.964 bits per heavy atom. The molecule has 3 aromatic carbocycles. The van der Waals surface area contributed by atoms with Crippen LogP contribution in [0.2, 0.25) is 0 Å². The number of hydrogen-bond acceptors (Lipinski definition) is 4. The number of hydrogen-bond donors (Lipinski definition) is 1. The SMILES string of the molecule is COc1cc(C(=O)NC(C)c2cccc3ccccc23)c(Br)c(OC)c1OC. The van der Waals surface area contributed by atoms with Crippen molar-refractivity contribution in [2.75, 3.05) is 21.3 Å². The van der Waals surface area contributed by atoms with Gasteiger partial charge in [0.25, 0.3) is 5.91 Å². The minimum atomic E-state index is -0.244. The summed E-state index contributed by atoms with van der Waals surface area (Å²) in [6.45, 7) is 1.96. The Balaban J connectivity index is 1.96.